The number of β-amino-alcohol motifs (C(OH)–C–C–N with tert-alkyl or cyclic N) is 1. The van der Waals surface area contributed by atoms with Gasteiger partial charge in [0.25, 0.3) is 0 Å². The second kappa shape index (κ2) is 2.64. The van der Waals surface area contributed by atoms with Crippen molar-refractivity contribution in [2.24, 2.45) is 5.92 Å². The summed E-state index contributed by atoms with van der Waals surface area (Å²) in [5.41, 5.74) is 0. The Morgan fingerprint density at radius 3 is 2.44 bits per heavy atom. The Bertz CT molecular complexity index is 97.1. The number of aliphatic hydroxyl groups is 2. The average Bonchev–Trinajstić information content (AvgIpc) is 2.10. The van der Waals surface area contributed by atoms with Crippen LogP contribution in [0.5, 0.6) is 0 Å². The molecule has 1 rings (SSSR count). The minimum Gasteiger partial charge on any atom is -0.396 e. The van der Waals surface area contributed by atoms with Gasteiger partial charge in [-0.3, -0.25) is 0 Å². The van der Waals surface area contributed by atoms with E-state index in [2.05, 4.69) is 0 Å². The van der Waals surface area contributed by atoms with Gasteiger partial charge >= 0.3 is 0 Å². The van der Waals surface area contributed by atoms with E-state index in [1.165, 1.54) is 0 Å². The van der Waals surface area contributed by atoms with Crippen LogP contribution < -0.4 is 0 Å². The molecule has 0 amide bonds. The Balaban J connectivity index is 2.38. The van der Waals surface area contributed by atoms with E-state index in [0.29, 0.717) is 6.54 Å². The van der Waals surface area contributed by atoms with E-state index in [9.17, 15) is 0 Å². The van der Waals surface area contributed by atoms with Crippen LogP contribution in [0.2, 0.25) is 0 Å². The molecule has 1 aliphatic rings. The maximum absolute atomic E-state index is 9.16. The highest BCUT2D eigenvalue weighted by atomic mass is 16.3. The van der Waals surface area contributed by atoms with Gasteiger partial charge in [0.15, 0.2) is 0 Å². The van der Waals surface area contributed by atoms with Gasteiger partial charge in [-0.05, 0) is 7.05 Å². The van der Waals surface area contributed by atoms with E-state index >= 15 is 0 Å². The number of hydrogen-bond acceptors (Lipinski definition) is 3. The van der Waals surface area contributed by atoms with Crippen molar-refractivity contribution in [3.05, 3.63) is 0 Å². The molecule has 2 unspecified atom stereocenters. The monoisotopic (exact) mass is 131 g/mol. The molecule has 2 N–H and O–H groups in total. The number of nitrogens with zero attached hydrogens (tertiary/aromatic N) is 1. The first-order chi connectivity index (χ1) is 4.24. The van der Waals surface area contributed by atoms with Crippen LogP contribution in [-0.4, -0.2) is 48.0 Å². The normalized spacial score (nSPS) is 37.7. The van der Waals surface area contributed by atoms with E-state index in [1.807, 2.05) is 11.9 Å². The zero-order chi connectivity index (χ0) is 6.85. The SMILES string of the molecule is CN1CC(O)C(CO)C1. The Morgan fingerprint density at radius 2 is 2.22 bits per heavy atom. The summed E-state index contributed by atoms with van der Waals surface area (Å²) in [6, 6.07) is 0. The van der Waals surface area contributed by atoms with Crippen LogP contribution in [0.4, 0.5) is 0 Å². The molecule has 1 fully saturated rings. The van der Waals surface area contributed by atoms with Crippen LogP contribution in [0.3, 0.4) is 0 Å². The lowest BCUT2D eigenvalue weighted by Gasteiger charge is -2.07. The molecule has 0 saturated carbocycles. The first-order valence-electron chi connectivity index (χ1n) is 3.21. The summed E-state index contributed by atoms with van der Waals surface area (Å²) < 4.78 is 0. The largest absolute Gasteiger partial charge is 0.396 e. The second-order valence-electron chi connectivity index (χ2n) is 2.73. The van der Waals surface area contributed by atoms with Crippen molar-refractivity contribution >= 4 is 0 Å². The molecule has 0 aromatic rings. The van der Waals surface area contributed by atoms with E-state index in [4.69, 9.17) is 10.2 Å². The molecular formula is C6H13NO2. The first-order valence-corrected chi connectivity index (χ1v) is 3.21. The van der Waals surface area contributed by atoms with Crippen LogP contribution in [0.25, 0.3) is 0 Å². The number of likely N-dealkylation sites (tertiary alicyclic amines) is 1. The van der Waals surface area contributed by atoms with Crippen molar-refractivity contribution in [3.63, 3.8) is 0 Å². The molecule has 1 aliphatic heterocycles. The quantitative estimate of drug-likeness (QED) is 0.475. The van der Waals surface area contributed by atoms with Crippen molar-refractivity contribution in [2.75, 3.05) is 26.7 Å². The topological polar surface area (TPSA) is 43.7 Å². The van der Waals surface area contributed by atoms with Gasteiger partial charge in [-0.15, -0.1) is 0 Å². The van der Waals surface area contributed by atoms with Crippen molar-refractivity contribution < 1.29 is 10.2 Å². The van der Waals surface area contributed by atoms with Crippen LogP contribution in [0, 0.1) is 5.92 Å². The second-order valence-corrected chi connectivity index (χ2v) is 2.73. The summed E-state index contributed by atoms with van der Waals surface area (Å²) in [6.07, 6.45) is -0.319. The van der Waals surface area contributed by atoms with E-state index in [1.54, 1.807) is 0 Å². The molecule has 3 nitrogen and oxygen atoms in total. The minimum atomic E-state index is -0.319. The highest BCUT2D eigenvalue weighted by molar-refractivity contribution is 4.80. The Kier molecular flexibility index (Phi) is 2.05. The standard InChI is InChI=1S/C6H13NO2/c1-7-2-5(4-8)6(9)3-7/h5-6,8-9H,2-4H2,1H3. The molecule has 54 valence electrons. The molecule has 9 heavy (non-hydrogen) atoms. The van der Waals surface area contributed by atoms with Crippen LogP contribution >= 0.6 is 0 Å². The average molecular weight is 131 g/mol. The lowest BCUT2D eigenvalue weighted by molar-refractivity contribution is 0.103. The fourth-order valence-corrected chi connectivity index (χ4v) is 1.24. The zero-order valence-corrected chi connectivity index (χ0v) is 5.62. The van der Waals surface area contributed by atoms with Crippen molar-refractivity contribution in [2.45, 2.75) is 6.10 Å². The smallest absolute Gasteiger partial charge is 0.0729 e. The lowest BCUT2D eigenvalue weighted by atomic mass is 10.1. The number of rotatable bonds is 1. The molecule has 2 atom stereocenters. The Morgan fingerprint density at radius 1 is 1.56 bits per heavy atom. The van der Waals surface area contributed by atoms with Gasteiger partial charge in [-0.1, -0.05) is 0 Å². The number of hydrogen-bond donors (Lipinski definition) is 2. The van der Waals surface area contributed by atoms with Crippen LogP contribution in [0.1, 0.15) is 0 Å². The molecular weight excluding hydrogens is 118 g/mol. The molecule has 1 heterocycles. The summed E-state index contributed by atoms with van der Waals surface area (Å²) in [5, 5.41) is 17.8. The molecule has 0 bridgehead atoms. The summed E-state index contributed by atoms with van der Waals surface area (Å²) in [4.78, 5) is 2.02. The zero-order valence-electron chi connectivity index (χ0n) is 5.62. The van der Waals surface area contributed by atoms with Gasteiger partial charge in [-0.25, -0.2) is 0 Å². The summed E-state index contributed by atoms with van der Waals surface area (Å²) in [6.45, 7) is 1.62. The minimum absolute atomic E-state index is 0.0787. The van der Waals surface area contributed by atoms with Crippen LogP contribution in [0.15, 0.2) is 0 Å². The predicted octanol–water partition coefficient (Wildman–Crippen LogP) is -1.10. The lowest BCUT2D eigenvalue weighted by Crippen LogP contribution is -2.20. The molecule has 0 aromatic heterocycles. The van der Waals surface area contributed by atoms with Crippen molar-refractivity contribution in [1.82, 2.24) is 4.90 Å². The third-order valence-electron chi connectivity index (χ3n) is 1.82. The number of likely N-dealkylation sites (N-methyl/N-ethyl adjacent to an activating group) is 1. The van der Waals surface area contributed by atoms with E-state index < -0.39 is 0 Å². The van der Waals surface area contributed by atoms with Gasteiger partial charge in [0.05, 0.1) is 6.10 Å². The van der Waals surface area contributed by atoms with Crippen LogP contribution in [-0.2, 0) is 0 Å². The fourth-order valence-electron chi connectivity index (χ4n) is 1.24. The predicted molar refractivity (Wildman–Crippen MR) is 34.1 cm³/mol. The molecule has 1 saturated heterocycles. The third-order valence-corrected chi connectivity index (χ3v) is 1.82. The molecule has 0 aliphatic carbocycles. The van der Waals surface area contributed by atoms with Crippen molar-refractivity contribution in [1.29, 1.82) is 0 Å². The third kappa shape index (κ3) is 1.41. The van der Waals surface area contributed by atoms with Gasteiger partial charge < -0.3 is 15.1 Å². The van der Waals surface area contributed by atoms with Crippen molar-refractivity contribution in [3.8, 4) is 0 Å². The Hall–Kier alpha value is -0.120. The summed E-state index contributed by atoms with van der Waals surface area (Å²) in [5.74, 6) is 0.0787. The highest BCUT2D eigenvalue weighted by Gasteiger charge is 2.27. The molecule has 0 radical (unpaired) electrons. The van der Waals surface area contributed by atoms with E-state index in [-0.39, 0.29) is 18.6 Å². The maximum atomic E-state index is 9.16. The molecule has 3 heteroatoms. The summed E-state index contributed by atoms with van der Waals surface area (Å²) in [7, 11) is 1.94. The highest BCUT2D eigenvalue weighted by Crippen LogP contribution is 2.13. The van der Waals surface area contributed by atoms with Gasteiger partial charge in [-0.2, -0.15) is 0 Å². The Labute approximate surface area is 54.9 Å². The molecule has 0 spiro atoms. The fraction of sp³-hybridized carbons (Fsp3) is 1.00. The van der Waals surface area contributed by atoms with Gasteiger partial charge in [0, 0.05) is 25.6 Å². The van der Waals surface area contributed by atoms with Gasteiger partial charge in [0.2, 0.25) is 0 Å². The number of aliphatic hydroxyl groups excluding tert-OH is 2. The molecule has 0 aromatic carbocycles. The van der Waals surface area contributed by atoms with Gasteiger partial charge in [0.1, 0.15) is 0 Å². The summed E-state index contributed by atoms with van der Waals surface area (Å²) >= 11 is 0. The first kappa shape index (κ1) is 6.99. The van der Waals surface area contributed by atoms with E-state index in [0.717, 1.165) is 6.54 Å². The maximum Gasteiger partial charge on any atom is 0.0729 e.